The van der Waals surface area contributed by atoms with E-state index in [1.807, 2.05) is 12.1 Å². The molecule has 0 bridgehead atoms. The van der Waals surface area contributed by atoms with Crippen molar-refractivity contribution in [2.24, 2.45) is 5.92 Å². The Kier molecular flexibility index (Phi) is 2.90. The Morgan fingerprint density at radius 3 is 2.95 bits per heavy atom. The molecule has 0 aliphatic heterocycles. The number of carbonyl (C=O) groups excluding carboxylic acids is 1. The van der Waals surface area contributed by atoms with E-state index in [1.165, 1.54) is 11.1 Å². The van der Waals surface area contributed by atoms with Crippen LogP contribution in [0.2, 0.25) is 0 Å². The van der Waals surface area contributed by atoms with Crippen molar-refractivity contribution in [1.29, 1.82) is 0 Å². The third-order valence-corrected chi connectivity index (χ3v) is 5.18. The fourth-order valence-electron chi connectivity index (χ4n) is 4.13. The molecule has 3 nitrogen and oxygen atoms in total. The molecule has 1 saturated carbocycles. The monoisotopic (exact) mass is 260 g/mol. The van der Waals surface area contributed by atoms with Crippen LogP contribution in [0.4, 0.5) is 0 Å². The summed E-state index contributed by atoms with van der Waals surface area (Å²) < 4.78 is 0. The van der Waals surface area contributed by atoms with Gasteiger partial charge < -0.3 is 10.2 Å². The van der Waals surface area contributed by atoms with Crippen molar-refractivity contribution >= 4 is 5.78 Å². The number of aliphatic hydroxyl groups excluding tert-OH is 1. The maximum Gasteiger partial charge on any atom is 0.161 e. The summed E-state index contributed by atoms with van der Waals surface area (Å²) in [5.41, 5.74) is 2.32. The minimum absolute atomic E-state index is 0.00342. The van der Waals surface area contributed by atoms with Gasteiger partial charge in [-0.1, -0.05) is 13.0 Å². The number of Topliss-reactive ketones (excluding diaryl/α,β-unsaturated/α-hetero) is 1. The van der Waals surface area contributed by atoms with Crippen molar-refractivity contribution in [1.82, 2.24) is 0 Å². The van der Waals surface area contributed by atoms with Crippen LogP contribution in [-0.2, 0) is 16.6 Å². The fraction of sp³-hybridized carbons (Fsp3) is 0.562. The van der Waals surface area contributed by atoms with Gasteiger partial charge >= 0.3 is 0 Å². The molecule has 3 atom stereocenters. The Morgan fingerprint density at radius 2 is 2.21 bits per heavy atom. The minimum Gasteiger partial charge on any atom is -0.508 e. The van der Waals surface area contributed by atoms with Gasteiger partial charge in [0, 0.05) is 11.8 Å². The van der Waals surface area contributed by atoms with Crippen molar-refractivity contribution in [2.75, 3.05) is 0 Å². The molecule has 1 aromatic carbocycles. The molecule has 0 radical (unpaired) electrons. The molecule has 3 rings (SSSR count). The van der Waals surface area contributed by atoms with Crippen molar-refractivity contribution in [3.05, 3.63) is 29.3 Å². The van der Waals surface area contributed by atoms with Crippen LogP contribution in [0.15, 0.2) is 18.2 Å². The minimum atomic E-state index is -0.823. The maximum absolute atomic E-state index is 11.8. The van der Waals surface area contributed by atoms with Gasteiger partial charge in [-0.3, -0.25) is 4.79 Å². The average molecular weight is 260 g/mol. The quantitative estimate of drug-likeness (QED) is 0.814. The van der Waals surface area contributed by atoms with Crippen LogP contribution in [0.3, 0.4) is 0 Å². The van der Waals surface area contributed by atoms with E-state index < -0.39 is 6.10 Å². The smallest absolute Gasteiger partial charge is 0.161 e. The first-order valence-electron chi connectivity index (χ1n) is 7.10. The van der Waals surface area contributed by atoms with Gasteiger partial charge in [0.1, 0.15) is 11.9 Å². The summed E-state index contributed by atoms with van der Waals surface area (Å²) in [6, 6.07) is 5.55. The topological polar surface area (TPSA) is 57.5 Å². The first kappa shape index (κ1) is 12.7. The van der Waals surface area contributed by atoms with Crippen molar-refractivity contribution in [3.63, 3.8) is 0 Å². The molecule has 102 valence electrons. The molecule has 0 spiro atoms. The van der Waals surface area contributed by atoms with Gasteiger partial charge in [-0.15, -0.1) is 0 Å². The first-order valence-corrected chi connectivity index (χ1v) is 7.10. The van der Waals surface area contributed by atoms with E-state index in [9.17, 15) is 15.0 Å². The molecule has 0 unspecified atom stereocenters. The van der Waals surface area contributed by atoms with E-state index in [2.05, 4.69) is 6.92 Å². The third-order valence-electron chi connectivity index (χ3n) is 5.18. The average Bonchev–Trinajstić information content (AvgIpc) is 2.40. The number of benzene rings is 1. The van der Waals surface area contributed by atoms with Gasteiger partial charge in [-0.25, -0.2) is 0 Å². The Hall–Kier alpha value is -1.35. The molecule has 0 aromatic heterocycles. The van der Waals surface area contributed by atoms with Gasteiger partial charge in [-0.2, -0.15) is 0 Å². The van der Waals surface area contributed by atoms with Crippen LogP contribution in [-0.4, -0.2) is 22.1 Å². The van der Waals surface area contributed by atoms with Gasteiger partial charge in [0.2, 0.25) is 0 Å². The van der Waals surface area contributed by atoms with Gasteiger partial charge in [0.15, 0.2) is 5.78 Å². The molecular weight excluding hydrogens is 240 g/mol. The molecule has 2 aliphatic rings. The molecule has 19 heavy (non-hydrogen) atoms. The second kappa shape index (κ2) is 4.34. The van der Waals surface area contributed by atoms with E-state index in [-0.39, 0.29) is 11.2 Å². The summed E-state index contributed by atoms with van der Waals surface area (Å²) in [5.74, 6) is 0.637. The molecule has 0 saturated heterocycles. The van der Waals surface area contributed by atoms with Crippen LogP contribution in [0.1, 0.15) is 43.7 Å². The number of phenolic OH excluding ortho intramolecular Hbond substituents is 1. The van der Waals surface area contributed by atoms with Crippen molar-refractivity contribution < 1.29 is 15.0 Å². The molecule has 0 heterocycles. The van der Waals surface area contributed by atoms with E-state index in [1.54, 1.807) is 6.07 Å². The van der Waals surface area contributed by atoms with Crippen molar-refractivity contribution in [3.8, 4) is 5.75 Å². The zero-order chi connectivity index (χ0) is 13.6. The Morgan fingerprint density at radius 1 is 1.42 bits per heavy atom. The summed E-state index contributed by atoms with van der Waals surface area (Å²) in [6.07, 6.45) is 3.03. The number of aromatic hydroxyl groups is 1. The highest BCUT2D eigenvalue weighted by molar-refractivity contribution is 5.84. The van der Waals surface area contributed by atoms with E-state index in [0.717, 1.165) is 19.3 Å². The van der Waals surface area contributed by atoms with Crippen LogP contribution in [0.5, 0.6) is 5.75 Å². The number of carbonyl (C=O) groups is 1. The first-order chi connectivity index (χ1) is 9.06. The lowest BCUT2D eigenvalue weighted by Gasteiger charge is -2.49. The Bertz CT molecular complexity index is 523. The highest BCUT2D eigenvalue weighted by Gasteiger charge is 2.49. The number of fused-ring (bicyclic) bond motifs is 3. The predicted molar refractivity (Wildman–Crippen MR) is 72.1 cm³/mol. The predicted octanol–water partition coefficient (Wildman–Crippen LogP) is 2.33. The zero-order valence-corrected chi connectivity index (χ0v) is 11.2. The summed E-state index contributed by atoms with van der Waals surface area (Å²) in [6.45, 7) is 2.14. The molecule has 0 amide bonds. The fourth-order valence-corrected chi connectivity index (χ4v) is 4.13. The van der Waals surface area contributed by atoms with Gasteiger partial charge in [0.25, 0.3) is 0 Å². The van der Waals surface area contributed by atoms with E-state index in [4.69, 9.17) is 0 Å². The zero-order valence-electron chi connectivity index (χ0n) is 11.2. The molecule has 1 aromatic rings. The molecular formula is C16H20O3. The Balaban J connectivity index is 2.11. The highest BCUT2D eigenvalue weighted by atomic mass is 16.3. The Labute approximate surface area is 113 Å². The number of aliphatic hydroxyl groups is 1. The summed E-state index contributed by atoms with van der Waals surface area (Å²) in [5, 5.41) is 19.6. The summed E-state index contributed by atoms with van der Waals surface area (Å²) in [7, 11) is 0. The lowest BCUT2D eigenvalue weighted by molar-refractivity contribution is -0.134. The second-order valence-electron chi connectivity index (χ2n) is 5.98. The maximum atomic E-state index is 11.8. The van der Waals surface area contributed by atoms with Crippen LogP contribution < -0.4 is 0 Å². The van der Waals surface area contributed by atoms with Crippen LogP contribution in [0, 0.1) is 5.92 Å². The SMILES string of the molecule is CC[C@@]12C[C@H](O)C(=O)C[C@H]1CCc1cc(O)ccc12. The highest BCUT2D eigenvalue weighted by Crippen LogP contribution is 2.51. The summed E-state index contributed by atoms with van der Waals surface area (Å²) >= 11 is 0. The third kappa shape index (κ3) is 1.79. The summed E-state index contributed by atoms with van der Waals surface area (Å²) in [4.78, 5) is 11.8. The normalized spacial score (nSPS) is 33.7. The number of hydrogen-bond acceptors (Lipinski definition) is 3. The molecule has 3 heteroatoms. The van der Waals surface area contributed by atoms with Crippen LogP contribution in [0.25, 0.3) is 0 Å². The second-order valence-corrected chi connectivity index (χ2v) is 5.98. The standard InChI is InChI=1S/C16H20O3/c1-2-16-9-15(19)14(18)8-11(16)4-3-10-7-12(17)5-6-13(10)16/h5-7,11,15,17,19H,2-4,8-9H2,1H3/t11-,15+,16-/m1/s1. The number of rotatable bonds is 1. The van der Waals surface area contributed by atoms with E-state index >= 15 is 0 Å². The number of aryl methyl sites for hydroxylation is 1. The lowest BCUT2D eigenvalue weighted by atomic mass is 9.55. The van der Waals surface area contributed by atoms with Crippen LogP contribution >= 0.6 is 0 Å². The van der Waals surface area contributed by atoms with Crippen molar-refractivity contribution in [2.45, 2.75) is 50.5 Å². The van der Waals surface area contributed by atoms with Gasteiger partial charge in [-0.05, 0) is 54.9 Å². The number of phenols is 1. The number of ketones is 1. The molecule has 2 aliphatic carbocycles. The number of hydrogen-bond donors (Lipinski definition) is 2. The van der Waals surface area contributed by atoms with Gasteiger partial charge in [0.05, 0.1) is 0 Å². The molecule has 2 N–H and O–H groups in total. The van der Waals surface area contributed by atoms with E-state index in [0.29, 0.717) is 24.5 Å². The lowest BCUT2D eigenvalue weighted by Crippen LogP contribution is -2.49. The molecule has 1 fully saturated rings. The largest absolute Gasteiger partial charge is 0.508 e.